The van der Waals surface area contributed by atoms with E-state index in [0.29, 0.717) is 12.2 Å². The zero-order chi connectivity index (χ0) is 13.6. The molecule has 18 heavy (non-hydrogen) atoms. The van der Waals surface area contributed by atoms with E-state index in [1.165, 1.54) is 24.3 Å². The summed E-state index contributed by atoms with van der Waals surface area (Å²) >= 11 is 1.62. The second-order valence-corrected chi connectivity index (χ2v) is 5.03. The highest BCUT2D eigenvalue weighted by Crippen LogP contribution is 2.23. The molecule has 1 atom stereocenters. The molecule has 0 aliphatic rings. The van der Waals surface area contributed by atoms with Gasteiger partial charge in [0.05, 0.1) is 6.10 Å². The number of benzene rings is 1. The minimum absolute atomic E-state index is 0.247. The van der Waals surface area contributed by atoms with Crippen LogP contribution >= 0.6 is 11.8 Å². The summed E-state index contributed by atoms with van der Waals surface area (Å²) in [7, 11) is 0. The highest BCUT2D eigenvalue weighted by atomic mass is 32.2. The quantitative estimate of drug-likeness (QED) is 0.867. The Hall–Kier alpha value is -0.880. The minimum Gasteiger partial charge on any atom is -0.406 e. The molecule has 1 rings (SSSR count). The summed E-state index contributed by atoms with van der Waals surface area (Å²) in [4.78, 5) is 0. The molecule has 6 heteroatoms. The van der Waals surface area contributed by atoms with Crippen LogP contribution in [-0.2, 0) is 6.42 Å². The summed E-state index contributed by atoms with van der Waals surface area (Å²) < 4.78 is 39.5. The molecule has 0 fully saturated rings. The van der Waals surface area contributed by atoms with Gasteiger partial charge in [0, 0.05) is 5.75 Å². The first kappa shape index (κ1) is 15.2. The average molecular weight is 280 g/mol. The maximum absolute atomic E-state index is 11.9. The molecule has 0 spiro atoms. The van der Waals surface area contributed by atoms with E-state index in [-0.39, 0.29) is 5.75 Å². The molecule has 2 nitrogen and oxygen atoms in total. The number of hydrogen-bond donors (Lipinski definition) is 1. The van der Waals surface area contributed by atoms with Gasteiger partial charge in [-0.3, -0.25) is 0 Å². The summed E-state index contributed by atoms with van der Waals surface area (Å²) in [5.74, 6) is 1.30. The van der Waals surface area contributed by atoms with E-state index in [9.17, 15) is 18.3 Å². The molecule has 0 saturated carbocycles. The molecule has 0 saturated heterocycles. The van der Waals surface area contributed by atoms with Crippen LogP contribution in [0.5, 0.6) is 5.75 Å². The molecule has 0 amide bonds. The van der Waals surface area contributed by atoms with Crippen molar-refractivity contribution in [3.8, 4) is 5.75 Å². The lowest BCUT2D eigenvalue weighted by molar-refractivity contribution is -0.274. The fourth-order valence-corrected chi connectivity index (χ4v) is 2.04. The molecule has 102 valence electrons. The fraction of sp³-hybridized carbons (Fsp3) is 0.500. The smallest absolute Gasteiger partial charge is 0.406 e. The number of aliphatic hydroxyl groups excluding tert-OH is 1. The SMILES string of the molecule is CCSCC(O)Cc1ccc(OC(F)(F)F)cc1. The topological polar surface area (TPSA) is 29.5 Å². The summed E-state index contributed by atoms with van der Waals surface area (Å²) in [5, 5.41) is 9.66. The first-order valence-electron chi connectivity index (χ1n) is 5.51. The second-order valence-electron chi connectivity index (χ2n) is 3.71. The Morgan fingerprint density at radius 3 is 2.39 bits per heavy atom. The van der Waals surface area contributed by atoms with Crippen LogP contribution in [0.4, 0.5) is 13.2 Å². The lowest BCUT2D eigenvalue weighted by Gasteiger charge is -2.11. The van der Waals surface area contributed by atoms with Gasteiger partial charge in [-0.1, -0.05) is 19.1 Å². The van der Waals surface area contributed by atoms with Crippen LogP contribution in [0, 0.1) is 0 Å². The largest absolute Gasteiger partial charge is 0.573 e. The minimum atomic E-state index is -4.67. The van der Waals surface area contributed by atoms with E-state index in [0.717, 1.165) is 11.3 Å². The van der Waals surface area contributed by atoms with Crippen molar-refractivity contribution in [2.24, 2.45) is 0 Å². The van der Waals surface area contributed by atoms with Crippen LogP contribution in [0.1, 0.15) is 12.5 Å². The molecule has 1 unspecified atom stereocenters. The highest BCUT2D eigenvalue weighted by molar-refractivity contribution is 7.99. The number of alkyl halides is 3. The number of rotatable bonds is 6. The maximum atomic E-state index is 11.9. The van der Waals surface area contributed by atoms with Gasteiger partial charge in [-0.05, 0) is 29.9 Å². The van der Waals surface area contributed by atoms with Crippen molar-refractivity contribution in [2.75, 3.05) is 11.5 Å². The molecule has 0 bridgehead atoms. The Labute approximate surface area is 108 Å². The third-order valence-corrected chi connectivity index (χ3v) is 3.17. The number of aliphatic hydroxyl groups is 1. The van der Waals surface area contributed by atoms with Gasteiger partial charge in [-0.2, -0.15) is 11.8 Å². The van der Waals surface area contributed by atoms with E-state index < -0.39 is 12.5 Å². The van der Waals surface area contributed by atoms with Gasteiger partial charge in [0.15, 0.2) is 0 Å². The van der Waals surface area contributed by atoms with Gasteiger partial charge < -0.3 is 9.84 Å². The Kier molecular flexibility index (Phi) is 5.81. The van der Waals surface area contributed by atoms with E-state index in [1.54, 1.807) is 11.8 Å². The summed E-state index contributed by atoms with van der Waals surface area (Å²) in [6, 6.07) is 5.56. The number of hydrogen-bond acceptors (Lipinski definition) is 3. The first-order chi connectivity index (χ1) is 8.40. The van der Waals surface area contributed by atoms with Gasteiger partial charge in [0.2, 0.25) is 0 Å². The van der Waals surface area contributed by atoms with Crippen LogP contribution in [-0.4, -0.2) is 29.1 Å². The van der Waals surface area contributed by atoms with Gasteiger partial charge in [-0.15, -0.1) is 13.2 Å². The Balaban J connectivity index is 2.50. The van der Waals surface area contributed by atoms with Crippen LogP contribution in [0.2, 0.25) is 0 Å². The van der Waals surface area contributed by atoms with Gasteiger partial charge in [-0.25, -0.2) is 0 Å². The molecule has 0 aromatic heterocycles. The molecule has 0 aliphatic carbocycles. The Morgan fingerprint density at radius 2 is 1.89 bits per heavy atom. The molecule has 0 radical (unpaired) electrons. The van der Waals surface area contributed by atoms with Crippen molar-refractivity contribution >= 4 is 11.8 Å². The predicted molar refractivity (Wildman–Crippen MR) is 65.8 cm³/mol. The zero-order valence-corrected chi connectivity index (χ0v) is 10.7. The van der Waals surface area contributed by atoms with Gasteiger partial charge in [0.25, 0.3) is 0 Å². The van der Waals surface area contributed by atoms with Crippen molar-refractivity contribution in [3.05, 3.63) is 29.8 Å². The van der Waals surface area contributed by atoms with Crippen molar-refractivity contribution in [1.82, 2.24) is 0 Å². The lowest BCUT2D eigenvalue weighted by atomic mass is 10.1. The Morgan fingerprint density at radius 1 is 1.28 bits per heavy atom. The van der Waals surface area contributed by atoms with Gasteiger partial charge >= 0.3 is 6.36 Å². The Bertz CT molecular complexity index is 351. The van der Waals surface area contributed by atoms with Crippen molar-refractivity contribution < 1.29 is 23.0 Å². The monoisotopic (exact) mass is 280 g/mol. The first-order valence-corrected chi connectivity index (χ1v) is 6.66. The van der Waals surface area contributed by atoms with Crippen molar-refractivity contribution in [3.63, 3.8) is 0 Å². The molecular formula is C12H15F3O2S. The standard InChI is InChI=1S/C12H15F3O2S/c1-2-18-8-10(16)7-9-3-5-11(6-4-9)17-12(13,14)15/h3-6,10,16H,2,7-8H2,1H3. The van der Waals surface area contributed by atoms with Crippen molar-refractivity contribution in [2.45, 2.75) is 25.8 Å². The summed E-state index contributed by atoms with van der Waals surface area (Å²) in [6.45, 7) is 2.00. The number of thioether (sulfide) groups is 1. The lowest BCUT2D eigenvalue weighted by Crippen LogP contribution is -2.17. The van der Waals surface area contributed by atoms with E-state index in [2.05, 4.69) is 4.74 Å². The van der Waals surface area contributed by atoms with Crippen LogP contribution in [0.15, 0.2) is 24.3 Å². The number of ether oxygens (including phenoxy) is 1. The predicted octanol–water partition coefficient (Wildman–Crippen LogP) is 3.24. The third-order valence-electron chi connectivity index (χ3n) is 2.14. The van der Waals surface area contributed by atoms with Crippen LogP contribution in [0.25, 0.3) is 0 Å². The zero-order valence-electron chi connectivity index (χ0n) is 9.91. The van der Waals surface area contributed by atoms with Gasteiger partial charge in [0.1, 0.15) is 5.75 Å². The molecule has 1 N–H and O–H groups in total. The van der Waals surface area contributed by atoms with E-state index in [4.69, 9.17) is 0 Å². The molecule has 0 heterocycles. The highest BCUT2D eigenvalue weighted by Gasteiger charge is 2.30. The average Bonchev–Trinajstić information content (AvgIpc) is 2.27. The second kappa shape index (κ2) is 6.89. The van der Waals surface area contributed by atoms with Crippen LogP contribution < -0.4 is 4.74 Å². The normalized spacial score (nSPS) is 13.4. The third kappa shape index (κ3) is 6.16. The van der Waals surface area contributed by atoms with E-state index >= 15 is 0 Å². The molecule has 0 aliphatic heterocycles. The fourth-order valence-electron chi connectivity index (χ4n) is 1.41. The van der Waals surface area contributed by atoms with Crippen molar-refractivity contribution in [1.29, 1.82) is 0 Å². The van der Waals surface area contributed by atoms with E-state index in [1.807, 2.05) is 6.92 Å². The van der Waals surface area contributed by atoms with Crippen LogP contribution in [0.3, 0.4) is 0 Å². The maximum Gasteiger partial charge on any atom is 0.573 e. The summed E-state index contributed by atoms with van der Waals surface area (Å²) in [5.41, 5.74) is 0.786. The number of halogens is 3. The molecule has 1 aromatic carbocycles. The summed E-state index contributed by atoms with van der Waals surface area (Å²) in [6.07, 6.45) is -4.72. The molecule has 1 aromatic rings. The molecular weight excluding hydrogens is 265 g/mol.